The molecule has 0 aliphatic carbocycles. The second-order valence-electron chi connectivity index (χ2n) is 26.3. The molecule has 492 valence electrons. The van der Waals surface area contributed by atoms with Crippen molar-refractivity contribution in [3.8, 4) is 0 Å². The van der Waals surface area contributed by atoms with Crippen LogP contribution < -0.4 is 0 Å². The molecule has 0 aromatic rings. The van der Waals surface area contributed by atoms with E-state index in [1.54, 1.807) is 0 Å². The molecule has 0 aliphatic heterocycles. The largest absolute Gasteiger partial charge is 0.462 e. The van der Waals surface area contributed by atoms with E-state index in [1.807, 2.05) is 0 Å². The molecule has 1 unspecified atom stereocenters. The van der Waals surface area contributed by atoms with Gasteiger partial charge in [0.2, 0.25) is 0 Å². The van der Waals surface area contributed by atoms with Gasteiger partial charge in [0.15, 0.2) is 6.10 Å². The van der Waals surface area contributed by atoms with Crippen LogP contribution in [-0.4, -0.2) is 37.2 Å². The van der Waals surface area contributed by atoms with Gasteiger partial charge in [-0.25, -0.2) is 0 Å². The molecule has 1 atom stereocenters. The van der Waals surface area contributed by atoms with Gasteiger partial charge in [-0.05, 0) is 44.9 Å². The number of hydrogen-bond donors (Lipinski definition) is 0. The lowest BCUT2D eigenvalue weighted by Gasteiger charge is -2.18. The first-order valence-corrected chi connectivity index (χ1v) is 38.2. The van der Waals surface area contributed by atoms with E-state index in [-0.39, 0.29) is 31.1 Å². The summed E-state index contributed by atoms with van der Waals surface area (Å²) in [6.45, 7) is 6.72. The van der Waals surface area contributed by atoms with Crippen molar-refractivity contribution in [3.05, 3.63) is 12.2 Å². The number of esters is 3. The third-order valence-electron chi connectivity index (χ3n) is 17.8. The molecule has 0 spiro atoms. The van der Waals surface area contributed by atoms with E-state index in [0.717, 1.165) is 57.8 Å². The molecule has 0 amide bonds. The number of ether oxygens (including phenoxy) is 3. The summed E-state index contributed by atoms with van der Waals surface area (Å²) < 4.78 is 17.0. The zero-order valence-corrected chi connectivity index (χ0v) is 56.8. The Labute approximate surface area is 520 Å². The fraction of sp³-hybridized carbons (Fsp3) is 0.935. The van der Waals surface area contributed by atoms with E-state index < -0.39 is 6.10 Å². The van der Waals surface area contributed by atoms with Crippen molar-refractivity contribution < 1.29 is 28.6 Å². The quantitative estimate of drug-likeness (QED) is 0.0261. The Morgan fingerprint density at radius 2 is 0.398 bits per heavy atom. The van der Waals surface area contributed by atoms with Crippen molar-refractivity contribution in [2.75, 3.05) is 13.2 Å². The highest BCUT2D eigenvalue weighted by atomic mass is 16.6. The van der Waals surface area contributed by atoms with Crippen LogP contribution >= 0.6 is 0 Å². The van der Waals surface area contributed by atoms with Crippen LogP contribution in [-0.2, 0) is 28.6 Å². The smallest absolute Gasteiger partial charge is 0.306 e. The number of unbranched alkanes of at least 4 members (excludes halogenated alkanes) is 59. The van der Waals surface area contributed by atoms with Crippen LogP contribution in [0, 0.1) is 0 Å². The maximum absolute atomic E-state index is 12.9. The Balaban J connectivity index is 4.05. The van der Waals surface area contributed by atoms with Crippen LogP contribution in [0.5, 0.6) is 0 Å². The lowest BCUT2D eigenvalue weighted by atomic mass is 10.0. The summed E-state index contributed by atoms with van der Waals surface area (Å²) in [4.78, 5) is 38.4. The van der Waals surface area contributed by atoms with Gasteiger partial charge in [-0.3, -0.25) is 14.4 Å². The van der Waals surface area contributed by atoms with Gasteiger partial charge in [0, 0.05) is 19.3 Å². The molecular formula is C77H148O6. The first-order chi connectivity index (χ1) is 41.0. The minimum atomic E-state index is -0.767. The average Bonchev–Trinajstić information content (AvgIpc) is 3.48. The number of allylic oxidation sites excluding steroid dienone is 2. The first-order valence-electron chi connectivity index (χ1n) is 38.2. The van der Waals surface area contributed by atoms with Gasteiger partial charge in [-0.2, -0.15) is 0 Å². The minimum absolute atomic E-state index is 0.0639. The van der Waals surface area contributed by atoms with Crippen LogP contribution in [0.1, 0.15) is 445 Å². The van der Waals surface area contributed by atoms with Crippen LogP contribution in [0.25, 0.3) is 0 Å². The van der Waals surface area contributed by atoms with Crippen molar-refractivity contribution >= 4 is 17.9 Å². The summed E-state index contributed by atoms with van der Waals surface area (Å²) in [5, 5.41) is 0. The summed E-state index contributed by atoms with van der Waals surface area (Å²) >= 11 is 0. The maximum atomic E-state index is 12.9. The highest BCUT2D eigenvalue weighted by Crippen LogP contribution is 2.20. The number of carbonyl (C=O) groups excluding carboxylic acids is 3. The average molecular weight is 1170 g/mol. The zero-order valence-electron chi connectivity index (χ0n) is 56.8. The standard InChI is InChI=1S/C77H148O6/c1-4-7-10-13-16-19-22-24-26-28-30-32-33-34-35-36-37-38-39-40-41-42-43-45-46-48-50-52-55-58-61-64-67-70-76(79)82-73-74(72-81-75(78)69-66-63-60-57-54-21-18-15-12-9-6-3)83-77(80)71-68-65-62-59-56-53-51-49-47-44-31-29-27-25-23-20-17-14-11-8-5-2/h29,31,74H,4-28,30,32-73H2,1-3H3/b31-29-. The van der Waals surface area contributed by atoms with Gasteiger partial charge >= 0.3 is 17.9 Å². The molecule has 0 saturated carbocycles. The summed E-state index contributed by atoms with van der Waals surface area (Å²) in [5.74, 6) is -0.831. The SMILES string of the molecule is CCCCCCCCCC/C=C\CCCCCCCCCCCC(=O)OC(COC(=O)CCCCCCCCCCCCC)COC(=O)CCCCCCCCCCCCCCCCCCCCCCCCCCCCCCCCCCC. The predicted octanol–water partition coefficient (Wildman–Crippen LogP) is 26.3. The monoisotopic (exact) mass is 1170 g/mol. The molecule has 0 N–H and O–H groups in total. The first kappa shape index (κ1) is 81.2. The van der Waals surface area contributed by atoms with Gasteiger partial charge in [0.25, 0.3) is 0 Å². The summed E-state index contributed by atoms with van der Waals surface area (Å²) in [5.41, 5.74) is 0. The second-order valence-corrected chi connectivity index (χ2v) is 26.3. The normalized spacial score (nSPS) is 12.0. The molecule has 0 heterocycles. The van der Waals surface area contributed by atoms with E-state index >= 15 is 0 Å². The fourth-order valence-corrected chi connectivity index (χ4v) is 12.0. The number of carbonyl (C=O) groups is 3. The Morgan fingerprint density at radius 3 is 0.602 bits per heavy atom. The summed E-state index contributed by atoms with van der Waals surface area (Å²) in [7, 11) is 0. The maximum Gasteiger partial charge on any atom is 0.306 e. The van der Waals surface area contributed by atoms with Crippen LogP contribution in [0.3, 0.4) is 0 Å². The second kappa shape index (κ2) is 72.6. The van der Waals surface area contributed by atoms with Crippen LogP contribution in [0.15, 0.2) is 12.2 Å². The molecule has 0 fully saturated rings. The van der Waals surface area contributed by atoms with Crippen molar-refractivity contribution in [1.82, 2.24) is 0 Å². The summed E-state index contributed by atoms with van der Waals surface area (Å²) in [6.07, 6.45) is 88.5. The highest BCUT2D eigenvalue weighted by molar-refractivity contribution is 5.71. The molecule has 0 radical (unpaired) electrons. The van der Waals surface area contributed by atoms with Crippen molar-refractivity contribution in [2.24, 2.45) is 0 Å². The minimum Gasteiger partial charge on any atom is -0.462 e. The Kier molecular flexibility index (Phi) is 71.0. The molecule has 0 aromatic heterocycles. The molecule has 0 saturated heterocycles. The van der Waals surface area contributed by atoms with Gasteiger partial charge in [0.05, 0.1) is 0 Å². The van der Waals surface area contributed by atoms with E-state index in [0.29, 0.717) is 19.3 Å². The molecule has 6 nitrogen and oxygen atoms in total. The lowest BCUT2D eigenvalue weighted by Crippen LogP contribution is -2.30. The Morgan fingerprint density at radius 1 is 0.229 bits per heavy atom. The third kappa shape index (κ3) is 70.8. The van der Waals surface area contributed by atoms with Gasteiger partial charge in [-0.1, -0.05) is 392 Å². The topological polar surface area (TPSA) is 78.9 Å². The van der Waals surface area contributed by atoms with E-state index in [1.165, 1.54) is 347 Å². The molecule has 6 heteroatoms. The number of rotatable bonds is 72. The van der Waals surface area contributed by atoms with Gasteiger partial charge in [0.1, 0.15) is 13.2 Å². The van der Waals surface area contributed by atoms with Crippen LogP contribution in [0.2, 0.25) is 0 Å². The molecule has 0 aliphatic rings. The zero-order chi connectivity index (χ0) is 59.9. The van der Waals surface area contributed by atoms with Gasteiger partial charge < -0.3 is 14.2 Å². The fourth-order valence-electron chi connectivity index (χ4n) is 12.0. The predicted molar refractivity (Wildman–Crippen MR) is 363 cm³/mol. The van der Waals surface area contributed by atoms with Crippen molar-refractivity contribution in [1.29, 1.82) is 0 Å². The lowest BCUT2D eigenvalue weighted by molar-refractivity contribution is -0.167. The van der Waals surface area contributed by atoms with Gasteiger partial charge in [-0.15, -0.1) is 0 Å². The molecule has 0 rings (SSSR count). The molecular weight excluding hydrogens is 1020 g/mol. The molecule has 83 heavy (non-hydrogen) atoms. The molecule has 0 aromatic carbocycles. The molecule has 0 bridgehead atoms. The highest BCUT2D eigenvalue weighted by Gasteiger charge is 2.20. The summed E-state index contributed by atoms with van der Waals surface area (Å²) in [6, 6.07) is 0. The van der Waals surface area contributed by atoms with E-state index in [2.05, 4.69) is 32.9 Å². The van der Waals surface area contributed by atoms with Crippen molar-refractivity contribution in [2.45, 2.75) is 451 Å². The van der Waals surface area contributed by atoms with Crippen LogP contribution in [0.4, 0.5) is 0 Å². The van der Waals surface area contributed by atoms with Crippen molar-refractivity contribution in [3.63, 3.8) is 0 Å². The van der Waals surface area contributed by atoms with E-state index in [4.69, 9.17) is 14.2 Å². The Hall–Kier alpha value is -1.85. The Bertz CT molecular complexity index is 1300. The number of hydrogen-bond acceptors (Lipinski definition) is 6. The van der Waals surface area contributed by atoms with E-state index in [9.17, 15) is 14.4 Å². The third-order valence-corrected chi connectivity index (χ3v) is 17.8.